The zero-order valence-electron chi connectivity index (χ0n) is 8.19. The van der Waals surface area contributed by atoms with Crippen molar-refractivity contribution >= 4 is 12.6 Å². The molecule has 1 aromatic carbocycles. The Morgan fingerprint density at radius 2 is 2.13 bits per heavy atom. The summed E-state index contributed by atoms with van der Waals surface area (Å²) in [6.45, 7) is 0.517. The first-order valence-electron chi connectivity index (χ1n) is 4.96. The van der Waals surface area contributed by atoms with Gasteiger partial charge in [0, 0.05) is 0 Å². The summed E-state index contributed by atoms with van der Waals surface area (Å²) in [6.07, 6.45) is 2.26. The van der Waals surface area contributed by atoms with Crippen molar-refractivity contribution in [1.82, 2.24) is 0 Å². The first kappa shape index (κ1) is 10.5. The van der Waals surface area contributed by atoms with E-state index in [2.05, 4.69) is 0 Å². The van der Waals surface area contributed by atoms with E-state index in [0.29, 0.717) is 12.5 Å². The van der Waals surface area contributed by atoms with E-state index >= 15 is 0 Å². The smallest absolute Gasteiger partial charge is 0.494 e. The van der Waals surface area contributed by atoms with Gasteiger partial charge in [0.25, 0.3) is 0 Å². The Kier molecular flexibility index (Phi) is 2.93. The highest BCUT2D eigenvalue weighted by Crippen LogP contribution is 2.29. The Balaban J connectivity index is 2.15. The van der Waals surface area contributed by atoms with Crippen LogP contribution in [0.5, 0.6) is 5.75 Å². The summed E-state index contributed by atoms with van der Waals surface area (Å²) in [5.41, 5.74) is -0.182. The molecular formula is C10H12BFO3. The molecule has 3 nitrogen and oxygen atoms in total. The van der Waals surface area contributed by atoms with E-state index in [1.54, 1.807) is 6.07 Å². The third-order valence-electron chi connectivity index (χ3n) is 2.44. The number of hydrogen-bond donors (Lipinski definition) is 2. The molecule has 1 saturated carbocycles. The van der Waals surface area contributed by atoms with Crippen molar-refractivity contribution in [2.45, 2.75) is 12.8 Å². The van der Waals surface area contributed by atoms with Gasteiger partial charge in [-0.05, 0) is 30.9 Å². The molecule has 1 aliphatic carbocycles. The molecule has 0 saturated heterocycles. The van der Waals surface area contributed by atoms with Crippen LogP contribution in [0.15, 0.2) is 18.2 Å². The van der Waals surface area contributed by atoms with E-state index in [-0.39, 0.29) is 11.2 Å². The molecule has 0 aromatic heterocycles. The summed E-state index contributed by atoms with van der Waals surface area (Å²) in [5, 5.41) is 18.0. The van der Waals surface area contributed by atoms with Crippen LogP contribution in [0.1, 0.15) is 12.8 Å². The van der Waals surface area contributed by atoms with Crippen LogP contribution in [0, 0.1) is 11.7 Å². The minimum atomic E-state index is -1.83. The summed E-state index contributed by atoms with van der Waals surface area (Å²) in [5.74, 6) is 0.104. The highest BCUT2D eigenvalue weighted by atomic mass is 19.1. The van der Waals surface area contributed by atoms with Crippen LogP contribution < -0.4 is 10.2 Å². The largest absolute Gasteiger partial charge is 0.495 e. The summed E-state index contributed by atoms with van der Waals surface area (Å²) in [4.78, 5) is 0. The number of benzene rings is 1. The summed E-state index contributed by atoms with van der Waals surface area (Å²) in [7, 11) is -1.83. The number of hydrogen-bond acceptors (Lipinski definition) is 3. The van der Waals surface area contributed by atoms with E-state index in [4.69, 9.17) is 14.8 Å². The minimum Gasteiger partial charge on any atom is -0.494 e. The van der Waals surface area contributed by atoms with Crippen molar-refractivity contribution < 1.29 is 19.2 Å². The van der Waals surface area contributed by atoms with Gasteiger partial charge in [0.1, 0.15) is 11.6 Å². The molecule has 1 fully saturated rings. The quantitative estimate of drug-likeness (QED) is 0.702. The van der Waals surface area contributed by atoms with Crippen LogP contribution in [0.25, 0.3) is 0 Å². The number of rotatable bonds is 4. The van der Waals surface area contributed by atoms with Gasteiger partial charge >= 0.3 is 7.12 Å². The predicted octanol–water partition coefficient (Wildman–Crippen LogP) is 0.294. The topological polar surface area (TPSA) is 49.7 Å². The molecule has 80 valence electrons. The number of ether oxygens (including phenoxy) is 1. The normalized spacial score (nSPS) is 15.1. The highest BCUT2D eigenvalue weighted by Gasteiger charge is 2.25. The Morgan fingerprint density at radius 1 is 1.40 bits per heavy atom. The van der Waals surface area contributed by atoms with Crippen molar-refractivity contribution in [3.05, 3.63) is 24.0 Å². The average molecular weight is 210 g/mol. The molecule has 0 unspecified atom stereocenters. The zero-order chi connectivity index (χ0) is 10.8. The Bertz CT molecular complexity index is 353. The lowest BCUT2D eigenvalue weighted by Crippen LogP contribution is -2.34. The van der Waals surface area contributed by atoms with Crippen LogP contribution in [0.4, 0.5) is 4.39 Å². The van der Waals surface area contributed by atoms with Gasteiger partial charge in [-0.2, -0.15) is 0 Å². The van der Waals surface area contributed by atoms with Gasteiger partial charge in [-0.25, -0.2) is 4.39 Å². The van der Waals surface area contributed by atoms with Crippen molar-refractivity contribution in [3.63, 3.8) is 0 Å². The van der Waals surface area contributed by atoms with Crippen LogP contribution >= 0.6 is 0 Å². The van der Waals surface area contributed by atoms with E-state index in [9.17, 15) is 4.39 Å². The van der Waals surface area contributed by atoms with E-state index in [0.717, 1.165) is 12.8 Å². The first-order valence-corrected chi connectivity index (χ1v) is 4.96. The summed E-state index contributed by atoms with van der Waals surface area (Å²) >= 11 is 0. The second-order valence-corrected chi connectivity index (χ2v) is 3.78. The van der Waals surface area contributed by atoms with E-state index in [1.807, 2.05) is 0 Å². The molecular weight excluding hydrogens is 198 g/mol. The van der Waals surface area contributed by atoms with Gasteiger partial charge in [0.2, 0.25) is 0 Å². The molecule has 1 aromatic rings. The van der Waals surface area contributed by atoms with E-state index in [1.165, 1.54) is 12.1 Å². The van der Waals surface area contributed by atoms with Gasteiger partial charge in [-0.1, -0.05) is 6.07 Å². The lowest BCUT2D eigenvalue weighted by atomic mass is 9.79. The Hall–Kier alpha value is -1.07. The lowest BCUT2D eigenvalue weighted by molar-refractivity contribution is 0.299. The minimum absolute atomic E-state index is 0.182. The third-order valence-corrected chi connectivity index (χ3v) is 2.44. The maximum atomic E-state index is 13.2. The lowest BCUT2D eigenvalue weighted by Gasteiger charge is -2.11. The number of halogens is 1. The van der Waals surface area contributed by atoms with Crippen molar-refractivity contribution in [2.75, 3.05) is 6.61 Å². The Morgan fingerprint density at radius 3 is 2.73 bits per heavy atom. The Labute approximate surface area is 87.6 Å². The average Bonchev–Trinajstić information content (AvgIpc) is 2.97. The second-order valence-electron chi connectivity index (χ2n) is 3.78. The third kappa shape index (κ3) is 2.49. The maximum absolute atomic E-state index is 13.2. The second kappa shape index (κ2) is 4.20. The standard InChI is InChI=1S/C10H12BFO3/c12-8-2-1-3-9(10(8)11(13)14)15-6-7-4-5-7/h1-3,7,13-14H,4-6H2. The van der Waals surface area contributed by atoms with Crippen molar-refractivity contribution in [1.29, 1.82) is 0 Å². The van der Waals surface area contributed by atoms with Crippen LogP contribution in [0.3, 0.4) is 0 Å². The van der Waals surface area contributed by atoms with Crippen molar-refractivity contribution in [2.24, 2.45) is 5.92 Å². The van der Waals surface area contributed by atoms with E-state index < -0.39 is 12.9 Å². The summed E-state index contributed by atoms with van der Waals surface area (Å²) in [6, 6.07) is 4.21. The van der Waals surface area contributed by atoms with Crippen LogP contribution in [-0.2, 0) is 0 Å². The fraction of sp³-hybridized carbons (Fsp3) is 0.400. The molecule has 0 amide bonds. The van der Waals surface area contributed by atoms with Gasteiger partial charge in [-0.15, -0.1) is 0 Å². The zero-order valence-corrected chi connectivity index (χ0v) is 8.19. The molecule has 2 rings (SSSR count). The molecule has 0 heterocycles. The van der Waals surface area contributed by atoms with Crippen LogP contribution in [0.2, 0.25) is 0 Å². The monoisotopic (exact) mass is 210 g/mol. The van der Waals surface area contributed by atoms with Gasteiger partial charge in [0.15, 0.2) is 0 Å². The molecule has 15 heavy (non-hydrogen) atoms. The van der Waals surface area contributed by atoms with Crippen LogP contribution in [-0.4, -0.2) is 23.8 Å². The molecule has 0 spiro atoms. The molecule has 2 N–H and O–H groups in total. The fourth-order valence-corrected chi connectivity index (χ4v) is 1.39. The summed E-state index contributed by atoms with van der Waals surface area (Å²) < 4.78 is 18.6. The van der Waals surface area contributed by atoms with Gasteiger partial charge in [0.05, 0.1) is 12.1 Å². The molecule has 0 aliphatic heterocycles. The molecule has 0 radical (unpaired) electrons. The van der Waals surface area contributed by atoms with Crippen molar-refractivity contribution in [3.8, 4) is 5.75 Å². The fourth-order valence-electron chi connectivity index (χ4n) is 1.39. The highest BCUT2D eigenvalue weighted by molar-refractivity contribution is 6.59. The maximum Gasteiger partial charge on any atom is 0.495 e. The molecule has 5 heteroatoms. The molecule has 1 aliphatic rings. The SMILES string of the molecule is OB(O)c1c(F)cccc1OCC1CC1. The molecule has 0 atom stereocenters. The van der Waals surface area contributed by atoms with Gasteiger partial charge < -0.3 is 14.8 Å². The molecule has 0 bridgehead atoms. The predicted molar refractivity (Wildman–Crippen MR) is 54.4 cm³/mol. The van der Waals surface area contributed by atoms with Gasteiger partial charge in [-0.3, -0.25) is 0 Å². The first-order chi connectivity index (χ1) is 7.18.